The lowest BCUT2D eigenvalue weighted by molar-refractivity contribution is -0.137. The van der Waals surface area contributed by atoms with Crippen LogP contribution in [0.15, 0.2) is 30.3 Å². The molecular formula is C15H21NO4. The second-order valence-corrected chi connectivity index (χ2v) is 4.35. The van der Waals surface area contributed by atoms with Gasteiger partial charge in [-0.25, -0.2) is 0 Å². The number of aliphatic carboxylic acids is 1. The highest BCUT2D eigenvalue weighted by molar-refractivity contribution is 5.94. The Morgan fingerprint density at radius 1 is 1.20 bits per heavy atom. The summed E-state index contributed by atoms with van der Waals surface area (Å²) in [5.74, 6) is -1.04. The summed E-state index contributed by atoms with van der Waals surface area (Å²) in [7, 11) is 0. The normalized spacial score (nSPS) is 10.2. The van der Waals surface area contributed by atoms with Crippen molar-refractivity contribution in [3.63, 3.8) is 0 Å². The molecule has 0 aliphatic carbocycles. The van der Waals surface area contributed by atoms with Crippen LogP contribution in [-0.2, 0) is 9.53 Å². The lowest BCUT2D eigenvalue weighted by atomic mass is 10.2. The molecule has 0 unspecified atom stereocenters. The Kier molecular flexibility index (Phi) is 7.35. The van der Waals surface area contributed by atoms with Gasteiger partial charge in [0.2, 0.25) is 0 Å². The summed E-state index contributed by atoms with van der Waals surface area (Å²) in [5, 5.41) is 8.76. The molecular weight excluding hydrogens is 258 g/mol. The number of rotatable bonds is 9. The minimum atomic E-state index is -0.902. The zero-order chi connectivity index (χ0) is 14.8. The van der Waals surface area contributed by atoms with Crippen LogP contribution in [0.1, 0.15) is 30.1 Å². The van der Waals surface area contributed by atoms with E-state index in [0.29, 0.717) is 31.7 Å². The van der Waals surface area contributed by atoms with Crippen LogP contribution in [0.3, 0.4) is 0 Å². The second-order valence-electron chi connectivity index (χ2n) is 4.35. The molecule has 0 saturated heterocycles. The molecule has 0 atom stereocenters. The summed E-state index contributed by atoms with van der Waals surface area (Å²) in [4.78, 5) is 24.6. The number of ether oxygens (including phenoxy) is 1. The van der Waals surface area contributed by atoms with Gasteiger partial charge >= 0.3 is 5.97 Å². The third-order valence-corrected chi connectivity index (χ3v) is 2.82. The predicted octanol–water partition coefficient (Wildman–Crippen LogP) is 2.03. The van der Waals surface area contributed by atoms with Crippen molar-refractivity contribution in [3.8, 4) is 0 Å². The van der Waals surface area contributed by atoms with E-state index in [2.05, 4.69) is 0 Å². The lowest BCUT2D eigenvalue weighted by Crippen LogP contribution is -2.34. The molecule has 0 saturated carbocycles. The Morgan fingerprint density at radius 3 is 2.50 bits per heavy atom. The zero-order valence-corrected chi connectivity index (χ0v) is 11.7. The van der Waals surface area contributed by atoms with E-state index in [-0.39, 0.29) is 18.9 Å². The minimum absolute atomic E-state index is 0.0484. The maximum absolute atomic E-state index is 12.3. The monoisotopic (exact) mass is 279 g/mol. The first-order valence-electron chi connectivity index (χ1n) is 6.79. The number of carbonyl (C=O) groups excluding carboxylic acids is 1. The Labute approximate surface area is 119 Å². The van der Waals surface area contributed by atoms with Crippen molar-refractivity contribution in [1.82, 2.24) is 4.90 Å². The van der Waals surface area contributed by atoms with Crippen molar-refractivity contribution in [2.45, 2.75) is 19.8 Å². The third-order valence-electron chi connectivity index (χ3n) is 2.82. The fraction of sp³-hybridized carbons (Fsp3) is 0.467. The van der Waals surface area contributed by atoms with Gasteiger partial charge in [-0.3, -0.25) is 9.59 Å². The Morgan fingerprint density at radius 2 is 1.90 bits per heavy atom. The molecule has 0 heterocycles. The van der Waals surface area contributed by atoms with Gasteiger partial charge in [-0.15, -0.1) is 0 Å². The topological polar surface area (TPSA) is 66.8 Å². The Balaban J connectivity index is 2.60. The maximum atomic E-state index is 12.3. The molecule has 0 bridgehead atoms. The van der Waals surface area contributed by atoms with E-state index in [0.717, 1.165) is 0 Å². The van der Waals surface area contributed by atoms with Crippen LogP contribution in [0.5, 0.6) is 0 Å². The number of carboxylic acids is 1. The highest BCUT2D eigenvalue weighted by atomic mass is 16.5. The van der Waals surface area contributed by atoms with Crippen LogP contribution < -0.4 is 0 Å². The van der Waals surface area contributed by atoms with Crippen LogP contribution in [0, 0.1) is 0 Å². The molecule has 0 spiro atoms. The first kappa shape index (κ1) is 16.2. The largest absolute Gasteiger partial charge is 0.481 e. The number of carbonyl (C=O) groups is 2. The summed E-state index contributed by atoms with van der Waals surface area (Å²) in [6, 6.07) is 8.90. The van der Waals surface area contributed by atoms with Crippen molar-refractivity contribution in [2.75, 3.05) is 26.3 Å². The average Bonchev–Trinajstić information content (AvgIpc) is 2.46. The Bertz CT molecular complexity index is 419. The summed E-state index contributed by atoms with van der Waals surface area (Å²) in [6.45, 7) is 3.84. The molecule has 1 aromatic rings. The van der Waals surface area contributed by atoms with Crippen molar-refractivity contribution in [3.05, 3.63) is 35.9 Å². The summed E-state index contributed by atoms with van der Waals surface area (Å²) in [5.41, 5.74) is 0.578. The summed E-state index contributed by atoms with van der Waals surface area (Å²) >= 11 is 0. The number of nitrogens with zero attached hydrogens (tertiary/aromatic N) is 1. The molecule has 1 N–H and O–H groups in total. The molecule has 5 heteroatoms. The standard InChI is InChI=1S/C15H21NO4/c1-2-20-12-6-10-16(11-9-14(17)18)15(19)13-7-4-3-5-8-13/h3-5,7-8H,2,6,9-12H2,1H3,(H,17,18). The van der Waals surface area contributed by atoms with Crippen molar-refractivity contribution < 1.29 is 19.4 Å². The fourth-order valence-corrected chi connectivity index (χ4v) is 1.81. The van der Waals surface area contributed by atoms with E-state index in [4.69, 9.17) is 9.84 Å². The van der Waals surface area contributed by atoms with Gasteiger partial charge < -0.3 is 14.7 Å². The number of hydrogen-bond donors (Lipinski definition) is 1. The highest BCUT2D eigenvalue weighted by Gasteiger charge is 2.16. The van der Waals surface area contributed by atoms with Gasteiger partial charge in [0.05, 0.1) is 6.42 Å². The minimum Gasteiger partial charge on any atom is -0.481 e. The van der Waals surface area contributed by atoms with Gasteiger partial charge in [-0.05, 0) is 25.5 Å². The lowest BCUT2D eigenvalue weighted by Gasteiger charge is -2.22. The summed E-state index contributed by atoms with van der Waals surface area (Å²) in [6.07, 6.45) is 0.652. The smallest absolute Gasteiger partial charge is 0.305 e. The molecule has 0 aliphatic heterocycles. The van der Waals surface area contributed by atoms with Gasteiger partial charge in [0, 0.05) is 31.9 Å². The number of hydrogen-bond acceptors (Lipinski definition) is 3. The fourth-order valence-electron chi connectivity index (χ4n) is 1.81. The SMILES string of the molecule is CCOCCCN(CCC(=O)O)C(=O)c1ccccc1. The van der Waals surface area contributed by atoms with Crippen LogP contribution >= 0.6 is 0 Å². The molecule has 1 rings (SSSR count). The van der Waals surface area contributed by atoms with Gasteiger partial charge in [-0.1, -0.05) is 18.2 Å². The quantitative estimate of drug-likeness (QED) is 0.702. The molecule has 0 aliphatic rings. The number of benzene rings is 1. The molecule has 20 heavy (non-hydrogen) atoms. The summed E-state index contributed by atoms with van der Waals surface area (Å²) < 4.78 is 5.24. The second kappa shape index (κ2) is 9.09. The molecule has 0 aromatic heterocycles. The van der Waals surface area contributed by atoms with Crippen LogP contribution in [-0.4, -0.2) is 48.2 Å². The van der Waals surface area contributed by atoms with Crippen molar-refractivity contribution >= 4 is 11.9 Å². The van der Waals surface area contributed by atoms with Crippen molar-refractivity contribution in [2.24, 2.45) is 0 Å². The van der Waals surface area contributed by atoms with Crippen LogP contribution in [0.4, 0.5) is 0 Å². The van der Waals surface area contributed by atoms with E-state index in [1.807, 2.05) is 13.0 Å². The van der Waals surface area contributed by atoms with Gasteiger partial charge in [0.25, 0.3) is 5.91 Å². The highest BCUT2D eigenvalue weighted by Crippen LogP contribution is 2.06. The first-order valence-corrected chi connectivity index (χ1v) is 6.79. The van der Waals surface area contributed by atoms with Gasteiger partial charge in [0.15, 0.2) is 0 Å². The van der Waals surface area contributed by atoms with E-state index in [1.54, 1.807) is 29.2 Å². The van der Waals surface area contributed by atoms with Gasteiger partial charge in [-0.2, -0.15) is 0 Å². The van der Waals surface area contributed by atoms with E-state index in [1.165, 1.54) is 0 Å². The molecule has 1 aromatic carbocycles. The molecule has 1 amide bonds. The van der Waals surface area contributed by atoms with Gasteiger partial charge in [0.1, 0.15) is 0 Å². The van der Waals surface area contributed by atoms with Crippen molar-refractivity contribution in [1.29, 1.82) is 0 Å². The average molecular weight is 279 g/mol. The third kappa shape index (κ3) is 5.84. The van der Waals surface area contributed by atoms with Crippen LogP contribution in [0.25, 0.3) is 0 Å². The number of carboxylic acid groups (broad SMARTS) is 1. The molecule has 0 fully saturated rings. The van der Waals surface area contributed by atoms with E-state index >= 15 is 0 Å². The maximum Gasteiger partial charge on any atom is 0.305 e. The molecule has 110 valence electrons. The predicted molar refractivity (Wildman–Crippen MR) is 75.7 cm³/mol. The number of amides is 1. The van der Waals surface area contributed by atoms with Crippen LogP contribution in [0.2, 0.25) is 0 Å². The Hall–Kier alpha value is -1.88. The zero-order valence-electron chi connectivity index (χ0n) is 11.7. The molecule has 5 nitrogen and oxygen atoms in total. The molecule has 0 radical (unpaired) electrons. The van der Waals surface area contributed by atoms with E-state index in [9.17, 15) is 9.59 Å². The first-order chi connectivity index (χ1) is 9.65. The van der Waals surface area contributed by atoms with E-state index < -0.39 is 5.97 Å².